The lowest BCUT2D eigenvalue weighted by atomic mass is 10.1. The van der Waals surface area contributed by atoms with Crippen molar-refractivity contribution >= 4 is 11.7 Å². The van der Waals surface area contributed by atoms with Crippen LogP contribution in [0.15, 0.2) is 48.5 Å². The fourth-order valence-corrected chi connectivity index (χ4v) is 3.59. The van der Waals surface area contributed by atoms with Gasteiger partial charge < -0.3 is 9.64 Å². The van der Waals surface area contributed by atoms with Crippen molar-refractivity contribution in [2.24, 2.45) is 0 Å². The van der Waals surface area contributed by atoms with Crippen LogP contribution in [0.1, 0.15) is 87.1 Å². The molecule has 0 spiro atoms. The molecule has 0 aliphatic rings. The third-order valence-corrected chi connectivity index (χ3v) is 5.44. The highest BCUT2D eigenvalue weighted by molar-refractivity contribution is 5.90. The minimum Gasteiger partial charge on any atom is -0.462 e. The van der Waals surface area contributed by atoms with Crippen LogP contribution >= 0.6 is 0 Å². The van der Waals surface area contributed by atoms with Gasteiger partial charge in [0.15, 0.2) is 0 Å². The Labute approximate surface area is 183 Å². The van der Waals surface area contributed by atoms with Gasteiger partial charge in [-0.05, 0) is 30.2 Å². The maximum atomic E-state index is 12.4. The number of benzene rings is 2. The molecule has 0 saturated carbocycles. The van der Waals surface area contributed by atoms with Gasteiger partial charge in [0.05, 0.1) is 12.2 Å². The maximum absolute atomic E-state index is 12.4. The Morgan fingerprint density at radius 2 is 1.53 bits per heavy atom. The zero-order valence-electron chi connectivity index (χ0n) is 18.9. The first-order valence-electron chi connectivity index (χ1n) is 11.6. The van der Waals surface area contributed by atoms with Crippen molar-refractivity contribution in [3.8, 4) is 0 Å². The quantitative estimate of drug-likeness (QED) is 0.230. The van der Waals surface area contributed by atoms with E-state index in [4.69, 9.17) is 4.74 Å². The Hall–Kier alpha value is -2.29. The highest BCUT2D eigenvalue weighted by Gasteiger charge is 2.10. The number of carbonyl (C=O) groups is 1. The Morgan fingerprint density at radius 3 is 2.20 bits per heavy atom. The van der Waals surface area contributed by atoms with E-state index in [0.717, 1.165) is 25.1 Å². The van der Waals surface area contributed by atoms with Crippen molar-refractivity contribution < 1.29 is 9.53 Å². The van der Waals surface area contributed by atoms with Crippen LogP contribution in [0, 0.1) is 6.07 Å². The van der Waals surface area contributed by atoms with Crippen molar-refractivity contribution in [3.63, 3.8) is 0 Å². The monoisotopic (exact) mass is 408 g/mol. The summed E-state index contributed by atoms with van der Waals surface area (Å²) in [6.45, 7) is 3.54. The Bertz CT molecular complexity index is 714. The third-order valence-electron chi connectivity index (χ3n) is 5.44. The number of nitrogens with zero attached hydrogens (tertiary/aromatic N) is 1. The van der Waals surface area contributed by atoms with E-state index < -0.39 is 0 Å². The first kappa shape index (κ1) is 24.0. The fourth-order valence-electron chi connectivity index (χ4n) is 3.59. The molecule has 0 N–H and O–H groups in total. The maximum Gasteiger partial charge on any atom is 0.338 e. The van der Waals surface area contributed by atoms with Gasteiger partial charge in [0.25, 0.3) is 0 Å². The molecule has 0 fully saturated rings. The van der Waals surface area contributed by atoms with Crippen LogP contribution in [0.4, 0.5) is 5.69 Å². The summed E-state index contributed by atoms with van der Waals surface area (Å²) < 4.78 is 5.46. The SMILES string of the molecule is CCCCCCCCCCCCOC(=O)c1[c]ccc(N(C)Cc2ccccc2)c1. The molecule has 3 heteroatoms. The van der Waals surface area contributed by atoms with Crippen molar-refractivity contribution in [3.05, 3.63) is 65.7 Å². The number of esters is 1. The molecule has 0 bridgehead atoms. The van der Waals surface area contributed by atoms with E-state index in [2.05, 4.69) is 30.0 Å². The van der Waals surface area contributed by atoms with Crippen LogP contribution in [0.25, 0.3) is 0 Å². The standard InChI is InChI=1S/C27H38NO2/c1-3-4-5-6-7-8-9-10-11-15-21-30-27(29)25-19-16-20-26(22-25)28(2)23-24-17-13-12-14-18-24/h12-14,16-18,20,22H,3-11,15,21,23H2,1-2H3. The number of anilines is 1. The number of carbonyl (C=O) groups excluding carboxylic acids is 1. The van der Waals surface area contributed by atoms with E-state index >= 15 is 0 Å². The Morgan fingerprint density at radius 1 is 0.900 bits per heavy atom. The summed E-state index contributed by atoms with van der Waals surface area (Å²) in [6.07, 6.45) is 12.7. The summed E-state index contributed by atoms with van der Waals surface area (Å²) in [5.41, 5.74) is 2.72. The van der Waals surface area contributed by atoms with Gasteiger partial charge in [0.1, 0.15) is 0 Å². The van der Waals surface area contributed by atoms with E-state index in [9.17, 15) is 4.79 Å². The van der Waals surface area contributed by atoms with E-state index in [1.807, 2.05) is 37.4 Å². The molecule has 0 unspecified atom stereocenters. The van der Waals surface area contributed by atoms with Crippen LogP contribution in [0.5, 0.6) is 0 Å². The molecule has 163 valence electrons. The molecule has 2 aromatic carbocycles. The van der Waals surface area contributed by atoms with Crippen molar-refractivity contribution in [2.45, 2.75) is 77.7 Å². The molecule has 0 heterocycles. The summed E-state index contributed by atoms with van der Waals surface area (Å²) in [6, 6.07) is 19.0. The van der Waals surface area contributed by atoms with Gasteiger partial charge in [0.2, 0.25) is 0 Å². The van der Waals surface area contributed by atoms with Gasteiger partial charge in [-0.15, -0.1) is 0 Å². The van der Waals surface area contributed by atoms with Crippen LogP contribution < -0.4 is 4.90 Å². The van der Waals surface area contributed by atoms with Crippen LogP contribution in [-0.2, 0) is 11.3 Å². The summed E-state index contributed by atoms with van der Waals surface area (Å²) >= 11 is 0. The van der Waals surface area contributed by atoms with Crippen LogP contribution in [0.2, 0.25) is 0 Å². The Kier molecular flexibility index (Phi) is 11.7. The summed E-state index contributed by atoms with van der Waals surface area (Å²) in [5.74, 6) is -0.277. The molecule has 2 aromatic rings. The van der Waals surface area contributed by atoms with E-state index in [1.165, 1.54) is 56.9 Å². The van der Waals surface area contributed by atoms with E-state index in [1.54, 1.807) is 6.07 Å². The molecule has 0 aliphatic carbocycles. The normalized spacial score (nSPS) is 10.7. The minimum atomic E-state index is -0.277. The number of rotatable bonds is 15. The van der Waals surface area contributed by atoms with Gasteiger partial charge in [-0.2, -0.15) is 0 Å². The second-order valence-electron chi connectivity index (χ2n) is 8.12. The summed E-state index contributed by atoms with van der Waals surface area (Å²) in [4.78, 5) is 14.5. The number of hydrogen-bond donors (Lipinski definition) is 0. The summed E-state index contributed by atoms with van der Waals surface area (Å²) in [5, 5.41) is 0. The van der Waals surface area contributed by atoms with Gasteiger partial charge >= 0.3 is 5.97 Å². The molecule has 3 nitrogen and oxygen atoms in total. The van der Waals surface area contributed by atoms with Gasteiger partial charge in [-0.25, -0.2) is 4.79 Å². The minimum absolute atomic E-state index is 0.277. The molecule has 0 saturated heterocycles. The van der Waals surface area contributed by atoms with E-state index in [0.29, 0.717) is 12.2 Å². The van der Waals surface area contributed by atoms with Crippen LogP contribution in [-0.4, -0.2) is 19.6 Å². The molecule has 1 radical (unpaired) electrons. The highest BCUT2D eigenvalue weighted by Crippen LogP contribution is 2.18. The first-order chi connectivity index (χ1) is 14.7. The van der Waals surface area contributed by atoms with Crippen molar-refractivity contribution in [1.29, 1.82) is 0 Å². The van der Waals surface area contributed by atoms with Gasteiger partial charge in [-0.1, -0.05) is 101 Å². The zero-order chi connectivity index (χ0) is 21.4. The largest absolute Gasteiger partial charge is 0.462 e. The molecular weight excluding hydrogens is 370 g/mol. The molecule has 0 aromatic heterocycles. The topological polar surface area (TPSA) is 29.5 Å². The van der Waals surface area contributed by atoms with Gasteiger partial charge in [0, 0.05) is 19.3 Å². The predicted octanol–water partition coefficient (Wildman–Crippen LogP) is 7.20. The lowest BCUT2D eigenvalue weighted by Crippen LogP contribution is -2.17. The molecule has 30 heavy (non-hydrogen) atoms. The highest BCUT2D eigenvalue weighted by atomic mass is 16.5. The number of hydrogen-bond acceptors (Lipinski definition) is 3. The van der Waals surface area contributed by atoms with Crippen molar-refractivity contribution in [2.75, 3.05) is 18.6 Å². The second kappa shape index (κ2) is 14.7. The van der Waals surface area contributed by atoms with Crippen molar-refractivity contribution in [1.82, 2.24) is 0 Å². The zero-order valence-corrected chi connectivity index (χ0v) is 18.9. The summed E-state index contributed by atoms with van der Waals surface area (Å²) in [7, 11) is 2.03. The lowest BCUT2D eigenvalue weighted by Gasteiger charge is -2.20. The smallest absolute Gasteiger partial charge is 0.338 e. The number of unbranched alkanes of at least 4 members (excludes halogenated alkanes) is 9. The second-order valence-corrected chi connectivity index (χ2v) is 8.12. The predicted molar refractivity (Wildman–Crippen MR) is 126 cm³/mol. The molecule has 2 rings (SSSR count). The van der Waals surface area contributed by atoms with E-state index in [-0.39, 0.29) is 5.97 Å². The first-order valence-corrected chi connectivity index (χ1v) is 11.6. The fraction of sp³-hybridized carbons (Fsp3) is 0.519. The Balaban J connectivity index is 1.63. The third kappa shape index (κ3) is 9.47. The van der Waals surface area contributed by atoms with Gasteiger partial charge in [-0.3, -0.25) is 0 Å². The average molecular weight is 409 g/mol. The molecule has 0 amide bonds. The molecule has 0 atom stereocenters. The number of ether oxygens (including phenoxy) is 1. The molecule has 0 aliphatic heterocycles. The van der Waals surface area contributed by atoms with Crippen LogP contribution in [0.3, 0.4) is 0 Å². The molecular formula is C27H38NO2. The lowest BCUT2D eigenvalue weighted by molar-refractivity contribution is 0.0497. The average Bonchev–Trinajstić information content (AvgIpc) is 2.78.